The maximum atomic E-state index is 11.6. The third-order valence-electron chi connectivity index (χ3n) is 2.09. The summed E-state index contributed by atoms with van der Waals surface area (Å²) >= 11 is 1.69. The Labute approximate surface area is 105 Å². The highest BCUT2D eigenvalue weighted by atomic mass is 32.2. The van der Waals surface area contributed by atoms with Gasteiger partial charge in [-0.3, -0.25) is 4.79 Å². The number of rotatable bonds is 7. The third-order valence-corrected chi connectivity index (χ3v) is 3.16. The zero-order chi connectivity index (χ0) is 12.5. The second-order valence-corrected chi connectivity index (χ2v) is 4.72. The number of amides is 1. The molecule has 3 N–H and O–H groups in total. The number of aliphatic hydroxyl groups is 1. The van der Waals surface area contributed by atoms with Gasteiger partial charge in [0, 0.05) is 24.5 Å². The average molecular weight is 255 g/mol. The Hall–Kier alpha value is -1.20. The molecule has 0 fully saturated rings. The molecule has 0 heterocycles. The largest absolute Gasteiger partial charge is 0.508 e. The molecule has 0 aliphatic heterocycles. The van der Waals surface area contributed by atoms with Gasteiger partial charge in [-0.05, 0) is 30.4 Å². The SMILES string of the molecule is O=C(NCCSCCCO)c1cccc(O)c1. The van der Waals surface area contributed by atoms with E-state index in [1.54, 1.807) is 23.9 Å². The summed E-state index contributed by atoms with van der Waals surface area (Å²) in [7, 11) is 0. The molecule has 1 rings (SSSR count). The fourth-order valence-corrected chi connectivity index (χ4v) is 2.04. The number of aromatic hydroxyl groups is 1. The van der Waals surface area contributed by atoms with E-state index in [0.717, 1.165) is 17.9 Å². The minimum atomic E-state index is -0.177. The number of thioether (sulfide) groups is 1. The van der Waals surface area contributed by atoms with Gasteiger partial charge in [0.2, 0.25) is 0 Å². The molecule has 17 heavy (non-hydrogen) atoms. The first-order chi connectivity index (χ1) is 8.24. The lowest BCUT2D eigenvalue weighted by Crippen LogP contribution is -2.25. The fourth-order valence-electron chi connectivity index (χ4n) is 1.25. The second kappa shape index (κ2) is 7.97. The predicted molar refractivity (Wildman–Crippen MR) is 69.5 cm³/mol. The van der Waals surface area contributed by atoms with Crippen LogP contribution in [0.5, 0.6) is 5.75 Å². The maximum absolute atomic E-state index is 11.6. The lowest BCUT2D eigenvalue weighted by atomic mass is 10.2. The van der Waals surface area contributed by atoms with Crippen LogP contribution >= 0.6 is 11.8 Å². The molecule has 1 aromatic rings. The molecule has 1 aromatic carbocycles. The molecule has 0 radical (unpaired) electrons. The summed E-state index contributed by atoms with van der Waals surface area (Å²) in [5.41, 5.74) is 0.463. The van der Waals surface area contributed by atoms with Gasteiger partial charge in [-0.15, -0.1) is 0 Å². The summed E-state index contributed by atoms with van der Waals surface area (Å²) in [6.45, 7) is 0.799. The lowest BCUT2D eigenvalue weighted by molar-refractivity contribution is 0.0956. The quantitative estimate of drug-likeness (QED) is 0.641. The van der Waals surface area contributed by atoms with E-state index in [1.165, 1.54) is 12.1 Å². The Balaban J connectivity index is 2.21. The molecule has 0 aromatic heterocycles. The number of phenols is 1. The zero-order valence-corrected chi connectivity index (χ0v) is 10.4. The van der Waals surface area contributed by atoms with Crippen LogP contribution in [0.2, 0.25) is 0 Å². The molecule has 4 nitrogen and oxygen atoms in total. The molecule has 0 bridgehead atoms. The van der Waals surface area contributed by atoms with E-state index in [-0.39, 0.29) is 18.3 Å². The molecule has 5 heteroatoms. The molecule has 0 aliphatic rings. The van der Waals surface area contributed by atoms with Crippen LogP contribution in [0.3, 0.4) is 0 Å². The number of hydrogen-bond donors (Lipinski definition) is 3. The molecule has 0 saturated heterocycles. The minimum Gasteiger partial charge on any atom is -0.508 e. The summed E-state index contributed by atoms with van der Waals surface area (Å²) in [4.78, 5) is 11.6. The summed E-state index contributed by atoms with van der Waals surface area (Å²) in [5.74, 6) is 1.64. The molecule has 0 atom stereocenters. The van der Waals surface area contributed by atoms with E-state index in [0.29, 0.717) is 12.1 Å². The second-order valence-electron chi connectivity index (χ2n) is 3.50. The maximum Gasteiger partial charge on any atom is 0.251 e. The molecule has 0 aliphatic carbocycles. The van der Waals surface area contributed by atoms with Crippen LogP contribution in [0.4, 0.5) is 0 Å². The van der Waals surface area contributed by atoms with Crippen molar-refractivity contribution in [3.8, 4) is 5.75 Å². The predicted octanol–water partition coefficient (Wildman–Crippen LogP) is 1.24. The topological polar surface area (TPSA) is 69.6 Å². The highest BCUT2D eigenvalue weighted by Gasteiger charge is 2.04. The first-order valence-corrected chi connectivity index (χ1v) is 6.65. The molecule has 94 valence electrons. The van der Waals surface area contributed by atoms with Gasteiger partial charge in [-0.2, -0.15) is 11.8 Å². The van der Waals surface area contributed by atoms with E-state index in [4.69, 9.17) is 5.11 Å². The Morgan fingerprint density at radius 1 is 1.35 bits per heavy atom. The number of carbonyl (C=O) groups excluding carboxylic acids is 1. The van der Waals surface area contributed by atoms with Gasteiger partial charge in [-0.1, -0.05) is 6.07 Å². The van der Waals surface area contributed by atoms with Gasteiger partial charge >= 0.3 is 0 Å². The first-order valence-electron chi connectivity index (χ1n) is 5.50. The van der Waals surface area contributed by atoms with Crippen molar-refractivity contribution in [2.45, 2.75) is 6.42 Å². The Morgan fingerprint density at radius 2 is 2.18 bits per heavy atom. The molecule has 0 unspecified atom stereocenters. The van der Waals surface area contributed by atoms with E-state index < -0.39 is 0 Å². The van der Waals surface area contributed by atoms with Gasteiger partial charge in [0.15, 0.2) is 0 Å². The summed E-state index contributed by atoms with van der Waals surface area (Å²) in [5, 5.41) is 20.6. The smallest absolute Gasteiger partial charge is 0.251 e. The number of hydrogen-bond acceptors (Lipinski definition) is 4. The van der Waals surface area contributed by atoms with Crippen molar-refractivity contribution in [2.24, 2.45) is 0 Å². The fraction of sp³-hybridized carbons (Fsp3) is 0.417. The van der Waals surface area contributed by atoms with E-state index in [2.05, 4.69) is 5.32 Å². The van der Waals surface area contributed by atoms with E-state index in [9.17, 15) is 9.90 Å². The number of aliphatic hydroxyl groups excluding tert-OH is 1. The number of carbonyl (C=O) groups is 1. The van der Waals surface area contributed by atoms with Gasteiger partial charge in [0.25, 0.3) is 5.91 Å². The van der Waals surface area contributed by atoms with Gasteiger partial charge < -0.3 is 15.5 Å². The minimum absolute atomic E-state index is 0.0926. The van der Waals surface area contributed by atoms with Crippen LogP contribution in [0.15, 0.2) is 24.3 Å². The molecule has 0 spiro atoms. The Bertz CT molecular complexity index is 357. The standard InChI is InChI=1S/C12H17NO3S/c14-6-2-7-17-8-5-13-12(16)10-3-1-4-11(15)9-10/h1,3-4,9,14-15H,2,5-8H2,(H,13,16). The highest BCUT2D eigenvalue weighted by molar-refractivity contribution is 7.99. The van der Waals surface area contributed by atoms with Crippen LogP contribution in [-0.2, 0) is 0 Å². The van der Waals surface area contributed by atoms with Gasteiger partial charge in [-0.25, -0.2) is 0 Å². The van der Waals surface area contributed by atoms with Crippen molar-refractivity contribution >= 4 is 17.7 Å². The highest BCUT2D eigenvalue weighted by Crippen LogP contribution is 2.10. The van der Waals surface area contributed by atoms with Crippen LogP contribution in [0.25, 0.3) is 0 Å². The van der Waals surface area contributed by atoms with E-state index in [1.807, 2.05) is 0 Å². The zero-order valence-electron chi connectivity index (χ0n) is 9.56. The molecular formula is C12H17NO3S. The van der Waals surface area contributed by atoms with Crippen molar-refractivity contribution in [2.75, 3.05) is 24.7 Å². The van der Waals surface area contributed by atoms with Crippen LogP contribution < -0.4 is 5.32 Å². The van der Waals surface area contributed by atoms with Crippen LogP contribution in [0.1, 0.15) is 16.8 Å². The Morgan fingerprint density at radius 3 is 2.88 bits per heavy atom. The molecule has 1 amide bonds. The Kier molecular flexibility index (Phi) is 6.50. The van der Waals surface area contributed by atoms with Crippen LogP contribution in [-0.4, -0.2) is 40.8 Å². The van der Waals surface area contributed by atoms with Crippen molar-refractivity contribution in [1.29, 1.82) is 0 Å². The van der Waals surface area contributed by atoms with Gasteiger partial charge in [0.05, 0.1) is 0 Å². The number of nitrogens with one attached hydrogen (secondary N) is 1. The first kappa shape index (κ1) is 13.9. The van der Waals surface area contributed by atoms with Crippen molar-refractivity contribution in [1.82, 2.24) is 5.32 Å². The monoisotopic (exact) mass is 255 g/mol. The lowest BCUT2D eigenvalue weighted by Gasteiger charge is -2.05. The average Bonchev–Trinajstić information content (AvgIpc) is 2.33. The molecular weight excluding hydrogens is 238 g/mol. The van der Waals surface area contributed by atoms with E-state index >= 15 is 0 Å². The van der Waals surface area contributed by atoms with Crippen molar-refractivity contribution < 1.29 is 15.0 Å². The number of phenolic OH excluding ortho intramolecular Hbond substituents is 1. The van der Waals surface area contributed by atoms with Crippen molar-refractivity contribution in [3.63, 3.8) is 0 Å². The normalized spacial score (nSPS) is 10.2. The van der Waals surface area contributed by atoms with Crippen LogP contribution in [0, 0.1) is 0 Å². The number of benzene rings is 1. The summed E-state index contributed by atoms with van der Waals surface area (Å²) in [6, 6.07) is 6.27. The van der Waals surface area contributed by atoms with Crippen molar-refractivity contribution in [3.05, 3.63) is 29.8 Å². The third kappa shape index (κ3) is 5.60. The molecule has 0 saturated carbocycles. The van der Waals surface area contributed by atoms with Gasteiger partial charge in [0.1, 0.15) is 5.75 Å². The summed E-state index contributed by atoms with van der Waals surface area (Å²) < 4.78 is 0. The summed E-state index contributed by atoms with van der Waals surface area (Å²) in [6.07, 6.45) is 0.783.